The highest BCUT2D eigenvalue weighted by Crippen LogP contribution is 2.21. The van der Waals surface area contributed by atoms with Crippen molar-refractivity contribution in [2.45, 2.75) is 38.1 Å². The molecule has 6 heteroatoms. The van der Waals surface area contributed by atoms with E-state index < -0.39 is 24.2 Å². The Bertz CT molecular complexity index is 518. The number of nitrogens with one attached hydrogen (secondary N) is 1. The minimum atomic E-state index is -1.28. The van der Waals surface area contributed by atoms with Gasteiger partial charge in [0.05, 0.1) is 6.54 Å². The average Bonchev–Trinajstić information content (AvgIpc) is 2.74. The molecule has 0 aromatic heterocycles. The molecule has 2 amide bonds. The number of hydrogen-bond acceptors (Lipinski definition) is 4. The van der Waals surface area contributed by atoms with Gasteiger partial charge in [-0.1, -0.05) is 18.2 Å². The maximum atomic E-state index is 12.5. The molecule has 2 rings (SSSR count). The normalized spacial score (nSPS) is 25.2. The SMILES string of the molecule is CC(C)NC(=O)C1[C@H](O)[C@@H](O)CN1C(=O)c1ccccc1. The number of amides is 2. The first kappa shape index (κ1) is 15.5. The monoisotopic (exact) mass is 292 g/mol. The Hall–Kier alpha value is -1.92. The number of likely N-dealkylation sites (tertiary alicyclic amines) is 1. The minimum absolute atomic E-state index is 0.0644. The summed E-state index contributed by atoms with van der Waals surface area (Å²) in [6.07, 6.45) is -2.41. The second-order valence-electron chi connectivity index (χ2n) is 5.49. The number of nitrogens with zero attached hydrogens (tertiary/aromatic N) is 1. The molecule has 6 nitrogen and oxygen atoms in total. The van der Waals surface area contributed by atoms with E-state index in [1.54, 1.807) is 44.2 Å². The predicted octanol–water partition coefficient (Wildman–Crippen LogP) is -0.243. The molecule has 0 spiro atoms. The molecular formula is C15H20N2O4. The van der Waals surface area contributed by atoms with Crippen LogP contribution in [0.2, 0.25) is 0 Å². The summed E-state index contributed by atoms with van der Waals surface area (Å²) >= 11 is 0. The van der Waals surface area contributed by atoms with Gasteiger partial charge in [0.2, 0.25) is 5.91 Å². The number of hydrogen-bond donors (Lipinski definition) is 3. The summed E-state index contributed by atoms with van der Waals surface area (Å²) in [5.41, 5.74) is 0.418. The molecule has 1 aromatic carbocycles. The van der Waals surface area contributed by atoms with E-state index >= 15 is 0 Å². The van der Waals surface area contributed by atoms with Crippen LogP contribution in [0.5, 0.6) is 0 Å². The molecule has 1 fully saturated rings. The lowest BCUT2D eigenvalue weighted by atomic mass is 10.1. The number of rotatable bonds is 3. The summed E-state index contributed by atoms with van der Waals surface area (Å²) in [7, 11) is 0. The van der Waals surface area contributed by atoms with Crippen LogP contribution >= 0.6 is 0 Å². The maximum absolute atomic E-state index is 12.5. The molecular weight excluding hydrogens is 272 g/mol. The third-order valence-corrected chi connectivity index (χ3v) is 3.42. The van der Waals surface area contributed by atoms with E-state index in [1.165, 1.54) is 4.90 Å². The fraction of sp³-hybridized carbons (Fsp3) is 0.467. The number of benzene rings is 1. The van der Waals surface area contributed by atoms with Crippen molar-refractivity contribution in [2.24, 2.45) is 0 Å². The molecule has 1 aliphatic rings. The van der Waals surface area contributed by atoms with Crippen molar-refractivity contribution in [3.05, 3.63) is 35.9 Å². The molecule has 1 aromatic rings. The van der Waals surface area contributed by atoms with E-state index in [1.807, 2.05) is 0 Å². The number of β-amino-alcohol motifs (C(OH)–C–C–N with tert-alkyl or cyclic N) is 1. The molecule has 114 valence electrons. The van der Waals surface area contributed by atoms with Crippen LogP contribution in [0.1, 0.15) is 24.2 Å². The van der Waals surface area contributed by atoms with E-state index in [-0.39, 0.29) is 18.5 Å². The summed E-state index contributed by atoms with van der Waals surface area (Å²) in [6.45, 7) is 3.52. The molecule has 0 saturated carbocycles. The van der Waals surface area contributed by atoms with Crippen LogP contribution in [0.25, 0.3) is 0 Å². The summed E-state index contributed by atoms with van der Waals surface area (Å²) in [4.78, 5) is 25.9. The maximum Gasteiger partial charge on any atom is 0.254 e. The van der Waals surface area contributed by atoms with E-state index in [4.69, 9.17) is 0 Å². The average molecular weight is 292 g/mol. The Morgan fingerprint density at radius 2 is 1.86 bits per heavy atom. The van der Waals surface area contributed by atoms with Gasteiger partial charge in [0.1, 0.15) is 18.2 Å². The van der Waals surface area contributed by atoms with Crippen LogP contribution in [0, 0.1) is 0 Å². The summed E-state index contributed by atoms with van der Waals surface area (Å²) < 4.78 is 0. The third-order valence-electron chi connectivity index (χ3n) is 3.42. The molecule has 1 unspecified atom stereocenters. The van der Waals surface area contributed by atoms with Crippen molar-refractivity contribution >= 4 is 11.8 Å². The fourth-order valence-electron chi connectivity index (χ4n) is 2.44. The Morgan fingerprint density at radius 3 is 2.43 bits per heavy atom. The van der Waals surface area contributed by atoms with Crippen molar-refractivity contribution in [1.29, 1.82) is 0 Å². The Balaban J connectivity index is 2.24. The largest absolute Gasteiger partial charge is 0.388 e. The van der Waals surface area contributed by atoms with Gasteiger partial charge in [-0.25, -0.2) is 0 Å². The molecule has 0 radical (unpaired) electrons. The minimum Gasteiger partial charge on any atom is -0.388 e. The van der Waals surface area contributed by atoms with Crippen LogP contribution in [0.3, 0.4) is 0 Å². The zero-order chi connectivity index (χ0) is 15.6. The summed E-state index contributed by atoms with van der Waals surface area (Å²) in [5.74, 6) is -0.839. The topological polar surface area (TPSA) is 89.9 Å². The first-order chi connectivity index (χ1) is 9.91. The summed E-state index contributed by atoms with van der Waals surface area (Å²) in [6, 6.07) is 7.31. The van der Waals surface area contributed by atoms with E-state index in [0.29, 0.717) is 5.56 Å². The van der Waals surface area contributed by atoms with Crippen molar-refractivity contribution in [2.75, 3.05) is 6.54 Å². The highest BCUT2D eigenvalue weighted by atomic mass is 16.3. The zero-order valence-corrected chi connectivity index (χ0v) is 12.1. The van der Waals surface area contributed by atoms with Crippen LogP contribution in [-0.2, 0) is 4.79 Å². The highest BCUT2D eigenvalue weighted by molar-refractivity contribution is 5.98. The van der Waals surface area contributed by atoms with Gasteiger partial charge >= 0.3 is 0 Å². The third kappa shape index (κ3) is 3.22. The predicted molar refractivity (Wildman–Crippen MR) is 76.6 cm³/mol. The molecule has 21 heavy (non-hydrogen) atoms. The second-order valence-corrected chi connectivity index (χ2v) is 5.49. The van der Waals surface area contributed by atoms with E-state index in [2.05, 4.69) is 5.32 Å². The molecule has 1 saturated heterocycles. The first-order valence-electron chi connectivity index (χ1n) is 6.94. The van der Waals surface area contributed by atoms with Crippen LogP contribution in [-0.4, -0.2) is 57.8 Å². The van der Waals surface area contributed by atoms with Crippen molar-refractivity contribution in [3.8, 4) is 0 Å². The van der Waals surface area contributed by atoms with Gasteiger partial charge in [-0.05, 0) is 26.0 Å². The van der Waals surface area contributed by atoms with Gasteiger partial charge in [-0.15, -0.1) is 0 Å². The Morgan fingerprint density at radius 1 is 1.24 bits per heavy atom. The van der Waals surface area contributed by atoms with Gasteiger partial charge in [0, 0.05) is 11.6 Å². The molecule has 3 N–H and O–H groups in total. The lowest BCUT2D eigenvalue weighted by molar-refractivity contribution is -0.128. The number of carbonyl (C=O) groups is 2. The van der Waals surface area contributed by atoms with Gasteiger partial charge in [0.15, 0.2) is 0 Å². The van der Waals surface area contributed by atoms with Crippen molar-refractivity contribution in [3.63, 3.8) is 0 Å². The van der Waals surface area contributed by atoms with Crippen molar-refractivity contribution < 1.29 is 19.8 Å². The Labute approximate surface area is 123 Å². The fourth-order valence-corrected chi connectivity index (χ4v) is 2.44. The number of carbonyl (C=O) groups excluding carboxylic acids is 2. The lowest BCUT2D eigenvalue weighted by Crippen LogP contribution is -2.52. The first-order valence-corrected chi connectivity index (χ1v) is 6.94. The molecule has 1 aliphatic heterocycles. The van der Waals surface area contributed by atoms with Crippen LogP contribution in [0.4, 0.5) is 0 Å². The van der Waals surface area contributed by atoms with Crippen LogP contribution in [0.15, 0.2) is 30.3 Å². The molecule has 0 bridgehead atoms. The van der Waals surface area contributed by atoms with E-state index in [9.17, 15) is 19.8 Å². The van der Waals surface area contributed by atoms with Crippen molar-refractivity contribution in [1.82, 2.24) is 10.2 Å². The number of aliphatic hydroxyl groups excluding tert-OH is 2. The highest BCUT2D eigenvalue weighted by Gasteiger charge is 2.46. The standard InChI is InChI=1S/C15H20N2O4/c1-9(2)16-14(20)12-13(19)11(18)8-17(12)15(21)10-6-4-3-5-7-10/h3-7,9,11-13,18-19H,8H2,1-2H3,(H,16,20)/t11-,12?,13+/m0/s1. The Kier molecular flexibility index (Phi) is 4.59. The molecule has 1 heterocycles. The number of aliphatic hydroxyl groups is 2. The van der Waals surface area contributed by atoms with Gasteiger partial charge in [0.25, 0.3) is 5.91 Å². The zero-order valence-electron chi connectivity index (χ0n) is 12.1. The van der Waals surface area contributed by atoms with Gasteiger partial charge in [-0.2, -0.15) is 0 Å². The van der Waals surface area contributed by atoms with Gasteiger partial charge in [-0.3, -0.25) is 9.59 Å². The molecule has 3 atom stereocenters. The van der Waals surface area contributed by atoms with Crippen LogP contribution < -0.4 is 5.32 Å². The lowest BCUT2D eigenvalue weighted by Gasteiger charge is -2.26. The summed E-state index contributed by atoms with van der Waals surface area (Å²) in [5, 5.41) is 22.5. The molecule has 0 aliphatic carbocycles. The smallest absolute Gasteiger partial charge is 0.254 e. The van der Waals surface area contributed by atoms with E-state index in [0.717, 1.165) is 0 Å². The quantitative estimate of drug-likeness (QED) is 0.717. The van der Waals surface area contributed by atoms with Gasteiger partial charge < -0.3 is 20.4 Å². The second kappa shape index (κ2) is 6.24.